The second kappa shape index (κ2) is 7.61. The molecule has 1 aromatic carbocycles. The first-order valence-electron chi connectivity index (χ1n) is 8.13. The minimum atomic E-state index is -4.17. The molecule has 0 saturated carbocycles. The lowest BCUT2D eigenvalue weighted by Gasteiger charge is -2.16. The van der Waals surface area contributed by atoms with Crippen LogP contribution in [-0.4, -0.2) is 37.6 Å². The molecule has 0 fully saturated rings. The lowest BCUT2D eigenvalue weighted by Crippen LogP contribution is -2.41. The van der Waals surface area contributed by atoms with Crippen LogP contribution in [0.25, 0.3) is 4.91 Å². The molecule has 2 aromatic rings. The third kappa shape index (κ3) is 3.93. The maximum atomic E-state index is 13.1. The van der Waals surface area contributed by atoms with E-state index < -0.39 is 34.2 Å². The third-order valence-electron chi connectivity index (χ3n) is 4.10. The van der Waals surface area contributed by atoms with Gasteiger partial charge in [0, 0.05) is 17.0 Å². The molecule has 0 aliphatic carbocycles. The summed E-state index contributed by atoms with van der Waals surface area (Å²) >= 11 is 1.56. The van der Waals surface area contributed by atoms with Crippen LogP contribution < -0.4 is 5.32 Å². The van der Waals surface area contributed by atoms with Gasteiger partial charge in [-0.25, -0.2) is 17.1 Å². The van der Waals surface area contributed by atoms with Crippen LogP contribution in [-0.2, 0) is 26.0 Å². The molecule has 9 heteroatoms. The number of nitrogens with zero attached hydrogens (tertiary/aromatic N) is 1. The molecule has 6 nitrogen and oxygen atoms in total. The Morgan fingerprint density at radius 1 is 1.22 bits per heavy atom. The van der Waals surface area contributed by atoms with Gasteiger partial charge in [0.2, 0.25) is 5.91 Å². The van der Waals surface area contributed by atoms with Crippen molar-refractivity contribution in [3.05, 3.63) is 63.6 Å². The highest BCUT2D eigenvalue weighted by Gasteiger charge is 2.43. The van der Waals surface area contributed by atoms with Crippen molar-refractivity contribution in [1.82, 2.24) is 9.62 Å². The van der Waals surface area contributed by atoms with E-state index in [2.05, 4.69) is 5.32 Å². The van der Waals surface area contributed by atoms with E-state index in [4.69, 9.17) is 0 Å². The molecule has 0 radical (unpaired) electrons. The summed E-state index contributed by atoms with van der Waals surface area (Å²) in [4.78, 5) is 25.4. The Kier molecular flexibility index (Phi) is 5.43. The first-order valence-corrected chi connectivity index (χ1v) is 10.5. The first-order chi connectivity index (χ1) is 12.8. The summed E-state index contributed by atoms with van der Waals surface area (Å²) in [5.74, 6) is -1.82. The van der Waals surface area contributed by atoms with E-state index >= 15 is 0 Å². The normalized spacial score (nSPS) is 16.1. The molecule has 0 saturated heterocycles. The topological polar surface area (TPSA) is 83.6 Å². The zero-order valence-electron chi connectivity index (χ0n) is 14.4. The van der Waals surface area contributed by atoms with Crippen LogP contribution in [0.4, 0.5) is 4.39 Å². The van der Waals surface area contributed by atoms with Crippen molar-refractivity contribution < 1.29 is 22.4 Å². The van der Waals surface area contributed by atoms with Gasteiger partial charge in [0.1, 0.15) is 17.3 Å². The Bertz CT molecular complexity index is 996. The highest BCUT2D eigenvalue weighted by Crippen LogP contribution is 2.35. The van der Waals surface area contributed by atoms with E-state index in [1.165, 1.54) is 19.1 Å². The molecule has 1 aliphatic heterocycles. The van der Waals surface area contributed by atoms with Gasteiger partial charge in [0.05, 0.1) is 0 Å². The van der Waals surface area contributed by atoms with E-state index in [1.807, 2.05) is 17.5 Å². The van der Waals surface area contributed by atoms with Crippen LogP contribution in [0.5, 0.6) is 0 Å². The number of nitrogens with one attached hydrogen (secondary N) is 1. The van der Waals surface area contributed by atoms with Gasteiger partial charge in [0.15, 0.2) is 0 Å². The van der Waals surface area contributed by atoms with E-state index in [9.17, 15) is 22.4 Å². The van der Waals surface area contributed by atoms with E-state index in [-0.39, 0.29) is 16.0 Å². The Balaban J connectivity index is 1.71. The molecular weight excluding hydrogens is 391 g/mol. The van der Waals surface area contributed by atoms with Crippen LogP contribution in [0, 0.1) is 5.82 Å². The summed E-state index contributed by atoms with van der Waals surface area (Å²) in [6, 6.07) is 8.68. The standard InChI is InChI=1S/C18H17FN2O4S2/c1-12-17(13-4-6-14(19)7-5-13)27(24,25)21(18(12)23)11-16(22)20-9-8-15-3-2-10-26-15/h2-7,10H,8-9,11H2,1H3,(H,20,22). The lowest BCUT2D eigenvalue weighted by molar-refractivity contribution is -0.128. The van der Waals surface area contributed by atoms with Crippen LogP contribution in [0.2, 0.25) is 0 Å². The predicted octanol–water partition coefficient (Wildman–Crippen LogP) is 2.15. The van der Waals surface area contributed by atoms with Gasteiger partial charge >= 0.3 is 0 Å². The molecule has 2 heterocycles. The number of benzene rings is 1. The molecule has 1 aromatic heterocycles. The Hall–Kier alpha value is -2.52. The Labute approximate surface area is 160 Å². The highest BCUT2D eigenvalue weighted by molar-refractivity contribution is 7.99. The van der Waals surface area contributed by atoms with Gasteiger partial charge < -0.3 is 5.32 Å². The second-order valence-electron chi connectivity index (χ2n) is 5.96. The SMILES string of the molecule is CC1=C(c2ccc(F)cc2)S(=O)(=O)N(CC(=O)NCCc2cccs2)C1=O. The molecule has 0 spiro atoms. The summed E-state index contributed by atoms with van der Waals surface area (Å²) < 4.78 is 39.2. The molecule has 2 amide bonds. The zero-order valence-corrected chi connectivity index (χ0v) is 16.1. The fourth-order valence-corrected chi connectivity index (χ4v) is 5.27. The summed E-state index contributed by atoms with van der Waals surface area (Å²) in [6.07, 6.45) is 0.627. The van der Waals surface area contributed by atoms with Crippen molar-refractivity contribution in [1.29, 1.82) is 0 Å². The van der Waals surface area contributed by atoms with Gasteiger partial charge in [-0.3, -0.25) is 9.59 Å². The fraction of sp³-hybridized carbons (Fsp3) is 0.222. The predicted molar refractivity (Wildman–Crippen MR) is 101 cm³/mol. The summed E-state index contributed by atoms with van der Waals surface area (Å²) in [6.45, 7) is 1.14. The molecular formula is C18H17FN2O4S2. The Morgan fingerprint density at radius 3 is 2.56 bits per heavy atom. The molecule has 0 unspecified atom stereocenters. The highest BCUT2D eigenvalue weighted by atomic mass is 32.2. The van der Waals surface area contributed by atoms with Gasteiger partial charge in [-0.15, -0.1) is 11.3 Å². The second-order valence-corrected chi connectivity index (χ2v) is 8.79. The molecule has 142 valence electrons. The summed E-state index contributed by atoms with van der Waals surface area (Å²) in [7, 11) is -4.17. The smallest absolute Gasteiger partial charge is 0.268 e. The van der Waals surface area contributed by atoms with Gasteiger partial charge in [-0.1, -0.05) is 18.2 Å². The zero-order chi connectivity index (χ0) is 19.6. The quantitative estimate of drug-likeness (QED) is 0.794. The number of carbonyl (C=O) groups is 2. The average molecular weight is 408 g/mol. The van der Waals surface area contributed by atoms with Crippen LogP contribution in [0.1, 0.15) is 17.4 Å². The monoisotopic (exact) mass is 408 g/mol. The molecule has 27 heavy (non-hydrogen) atoms. The maximum Gasteiger partial charge on any atom is 0.268 e. The molecule has 0 atom stereocenters. The van der Waals surface area contributed by atoms with Crippen molar-refractivity contribution >= 4 is 38.1 Å². The van der Waals surface area contributed by atoms with E-state index in [1.54, 1.807) is 11.3 Å². The van der Waals surface area contributed by atoms with Gasteiger partial charge in [0.25, 0.3) is 15.9 Å². The number of hydrogen-bond acceptors (Lipinski definition) is 5. The van der Waals surface area contributed by atoms with Gasteiger partial charge in [-0.2, -0.15) is 0 Å². The minimum absolute atomic E-state index is 0.00740. The van der Waals surface area contributed by atoms with E-state index in [0.29, 0.717) is 17.3 Å². The molecule has 1 N–H and O–H groups in total. The number of sulfonamides is 1. The van der Waals surface area contributed by atoms with Crippen molar-refractivity contribution in [2.45, 2.75) is 13.3 Å². The van der Waals surface area contributed by atoms with E-state index in [0.717, 1.165) is 17.0 Å². The van der Waals surface area contributed by atoms with Crippen molar-refractivity contribution in [3.63, 3.8) is 0 Å². The van der Waals surface area contributed by atoms with Crippen LogP contribution in [0.3, 0.4) is 0 Å². The number of hydrogen-bond donors (Lipinski definition) is 1. The maximum absolute atomic E-state index is 13.1. The number of thiophene rings is 1. The average Bonchev–Trinajstić information content (AvgIpc) is 3.18. The Morgan fingerprint density at radius 2 is 1.93 bits per heavy atom. The van der Waals surface area contributed by atoms with Crippen LogP contribution >= 0.6 is 11.3 Å². The number of rotatable bonds is 6. The first kappa shape index (κ1) is 19.2. The number of carbonyl (C=O) groups excluding carboxylic acids is 2. The summed E-state index contributed by atoms with van der Waals surface area (Å²) in [5, 5.41) is 4.55. The van der Waals surface area contributed by atoms with Crippen molar-refractivity contribution in [3.8, 4) is 0 Å². The fourth-order valence-electron chi connectivity index (χ4n) is 2.79. The van der Waals surface area contributed by atoms with Gasteiger partial charge in [-0.05, 0) is 42.5 Å². The molecule has 0 bridgehead atoms. The van der Waals surface area contributed by atoms with Crippen LogP contribution in [0.15, 0.2) is 47.4 Å². The largest absolute Gasteiger partial charge is 0.354 e. The molecule has 3 rings (SSSR count). The molecule has 1 aliphatic rings. The number of halogens is 1. The minimum Gasteiger partial charge on any atom is -0.354 e. The number of amides is 2. The lowest BCUT2D eigenvalue weighted by atomic mass is 10.1. The van der Waals surface area contributed by atoms with Crippen molar-refractivity contribution in [2.75, 3.05) is 13.1 Å². The van der Waals surface area contributed by atoms with Crippen molar-refractivity contribution in [2.24, 2.45) is 0 Å². The summed E-state index contributed by atoms with van der Waals surface area (Å²) in [5.41, 5.74) is 0.218. The third-order valence-corrected chi connectivity index (χ3v) is 6.97.